The van der Waals surface area contributed by atoms with E-state index < -0.39 is 0 Å². The normalized spacial score (nSPS) is 8.80. The van der Waals surface area contributed by atoms with E-state index in [-0.39, 0.29) is 1.43 Å². The van der Waals surface area contributed by atoms with Gasteiger partial charge in [0, 0.05) is 13.6 Å². The summed E-state index contributed by atoms with van der Waals surface area (Å²) in [6.07, 6.45) is 1.25. The zero-order chi connectivity index (χ0) is 11.8. The molecule has 0 unspecified atom stereocenters. The Morgan fingerprint density at radius 3 is 1.47 bits per heavy atom. The lowest BCUT2D eigenvalue weighted by molar-refractivity contribution is 0.355. The van der Waals surface area contributed by atoms with Crippen LogP contribution in [-0.4, -0.2) is 14.2 Å². The van der Waals surface area contributed by atoms with Crippen molar-refractivity contribution in [1.29, 1.82) is 0 Å². The first-order chi connectivity index (χ1) is 7.10. The molecule has 88 valence electrons. The van der Waals surface area contributed by atoms with Crippen LogP contribution in [0.4, 0.5) is 11.4 Å². The molecule has 0 aliphatic heterocycles. The van der Waals surface area contributed by atoms with Crippen molar-refractivity contribution in [3.63, 3.8) is 0 Å². The van der Waals surface area contributed by atoms with E-state index in [9.17, 15) is 0 Å². The second kappa shape index (κ2) is 6.81. The minimum absolute atomic E-state index is 0. The topological polar surface area (TPSA) is 70.5 Å². The Balaban J connectivity index is 0. The van der Waals surface area contributed by atoms with Gasteiger partial charge in [0.2, 0.25) is 0 Å². The van der Waals surface area contributed by atoms with Gasteiger partial charge in [-0.15, -0.1) is 0 Å². The van der Waals surface area contributed by atoms with Crippen LogP contribution in [0.15, 0.2) is 12.1 Å². The van der Waals surface area contributed by atoms with Gasteiger partial charge in [0.15, 0.2) is 11.5 Å². The van der Waals surface area contributed by atoms with Crippen molar-refractivity contribution in [2.45, 2.75) is 20.3 Å². The van der Waals surface area contributed by atoms with Crippen LogP contribution in [0.3, 0.4) is 0 Å². The molecule has 0 amide bonds. The molecular weight excluding hydrogens is 192 g/mol. The van der Waals surface area contributed by atoms with E-state index >= 15 is 0 Å². The highest BCUT2D eigenvalue weighted by Crippen LogP contribution is 2.32. The van der Waals surface area contributed by atoms with Gasteiger partial charge in [-0.3, -0.25) is 0 Å². The molecule has 15 heavy (non-hydrogen) atoms. The number of rotatable bonds is 2. The first kappa shape index (κ1) is 13.4. The molecule has 4 heteroatoms. The average Bonchev–Trinajstić information content (AvgIpc) is 2.22. The Morgan fingerprint density at radius 2 is 1.27 bits per heavy atom. The lowest BCUT2D eigenvalue weighted by Gasteiger charge is -2.09. The molecule has 0 saturated heterocycles. The lowest BCUT2D eigenvalue weighted by Crippen LogP contribution is -1.97. The Morgan fingerprint density at radius 1 is 1.00 bits per heavy atom. The first-order valence-corrected chi connectivity index (χ1v) is 4.87. The zero-order valence-electron chi connectivity index (χ0n) is 9.83. The molecular formula is C11H22N2O2. The maximum absolute atomic E-state index is 5.56. The van der Waals surface area contributed by atoms with Gasteiger partial charge in [0.05, 0.1) is 25.6 Å². The Bertz CT molecular complexity index is 277. The molecule has 1 aromatic rings. The van der Waals surface area contributed by atoms with Crippen LogP contribution in [0.25, 0.3) is 0 Å². The molecule has 4 N–H and O–H groups in total. The molecule has 0 radical (unpaired) electrons. The van der Waals surface area contributed by atoms with Crippen LogP contribution in [0.5, 0.6) is 11.5 Å². The van der Waals surface area contributed by atoms with E-state index in [1.165, 1.54) is 6.42 Å². The van der Waals surface area contributed by atoms with E-state index in [1.807, 2.05) is 0 Å². The van der Waals surface area contributed by atoms with Crippen molar-refractivity contribution < 1.29 is 10.9 Å². The summed E-state index contributed by atoms with van der Waals surface area (Å²) in [4.78, 5) is 0. The molecule has 0 fully saturated rings. The van der Waals surface area contributed by atoms with E-state index in [0.717, 1.165) is 0 Å². The van der Waals surface area contributed by atoms with Gasteiger partial charge >= 0.3 is 0 Å². The molecule has 0 aliphatic rings. The minimum Gasteiger partial charge on any atom is -0.493 e. The summed E-state index contributed by atoms with van der Waals surface area (Å²) in [5.74, 6) is 1.17. The van der Waals surface area contributed by atoms with E-state index in [1.54, 1.807) is 26.4 Å². The number of hydrogen-bond acceptors (Lipinski definition) is 4. The number of nitrogen functional groups attached to an aromatic ring is 2. The molecule has 0 aromatic heterocycles. The monoisotopic (exact) mass is 214 g/mol. The molecule has 1 aromatic carbocycles. The summed E-state index contributed by atoms with van der Waals surface area (Å²) in [6.45, 7) is 4.25. The minimum atomic E-state index is 0. The fourth-order valence-corrected chi connectivity index (χ4v) is 0.910. The highest BCUT2D eigenvalue weighted by molar-refractivity contribution is 5.69. The van der Waals surface area contributed by atoms with E-state index in [2.05, 4.69) is 13.8 Å². The van der Waals surface area contributed by atoms with Crippen molar-refractivity contribution in [1.82, 2.24) is 0 Å². The van der Waals surface area contributed by atoms with Crippen LogP contribution >= 0.6 is 0 Å². The highest BCUT2D eigenvalue weighted by atomic mass is 16.5. The van der Waals surface area contributed by atoms with Gasteiger partial charge in [0.25, 0.3) is 0 Å². The van der Waals surface area contributed by atoms with Gasteiger partial charge in [-0.05, 0) is 0 Å². The number of methoxy groups -OCH3 is 2. The predicted molar refractivity (Wildman–Crippen MR) is 66.4 cm³/mol. The van der Waals surface area contributed by atoms with Crippen LogP contribution in [-0.2, 0) is 0 Å². The largest absolute Gasteiger partial charge is 0.493 e. The molecule has 4 nitrogen and oxygen atoms in total. The highest BCUT2D eigenvalue weighted by Gasteiger charge is 2.05. The number of nitrogens with two attached hydrogens (primary N) is 2. The fourth-order valence-electron chi connectivity index (χ4n) is 0.910. The van der Waals surface area contributed by atoms with Crippen LogP contribution in [0.2, 0.25) is 0 Å². The van der Waals surface area contributed by atoms with E-state index in [4.69, 9.17) is 20.9 Å². The summed E-state index contributed by atoms with van der Waals surface area (Å²) in [5, 5.41) is 0. The van der Waals surface area contributed by atoms with Crippen LogP contribution in [0, 0.1) is 0 Å². The van der Waals surface area contributed by atoms with Crippen LogP contribution < -0.4 is 20.9 Å². The first-order valence-electron chi connectivity index (χ1n) is 4.87. The maximum Gasteiger partial charge on any atom is 0.162 e. The van der Waals surface area contributed by atoms with Gasteiger partial charge in [-0.25, -0.2) is 0 Å². The van der Waals surface area contributed by atoms with Crippen molar-refractivity contribution >= 4 is 11.4 Å². The summed E-state index contributed by atoms with van der Waals surface area (Å²) in [5.41, 5.74) is 12.1. The SMILES string of the molecule is CCC.COc1cc(N)c(N)cc1OC.[HH]. The van der Waals surface area contributed by atoms with Gasteiger partial charge in [-0.1, -0.05) is 20.3 Å². The summed E-state index contributed by atoms with van der Waals surface area (Å²) in [7, 11) is 3.10. The summed E-state index contributed by atoms with van der Waals surface area (Å²) >= 11 is 0. The number of anilines is 2. The molecule has 0 bridgehead atoms. The quantitative estimate of drug-likeness (QED) is 0.742. The Kier molecular flexibility index (Phi) is 6.09. The fraction of sp³-hybridized carbons (Fsp3) is 0.455. The van der Waals surface area contributed by atoms with Gasteiger partial charge in [-0.2, -0.15) is 0 Å². The second-order valence-corrected chi connectivity index (χ2v) is 3.04. The summed E-state index contributed by atoms with van der Waals surface area (Å²) in [6, 6.07) is 3.27. The zero-order valence-corrected chi connectivity index (χ0v) is 9.83. The van der Waals surface area contributed by atoms with Crippen molar-refractivity contribution in [2.75, 3.05) is 25.7 Å². The molecule has 0 atom stereocenters. The van der Waals surface area contributed by atoms with Gasteiger partial charge in [0.1, 0.15) is 0 Å². The Hall–Kier alpha value is -1.58. The van der Waals surface area contributed by atoms with Crippen molar-refractivity contribution in [3.8, 4) is 11.5 Å². The Labute approximate surface area is 92.7 Å². The average molecular weight is 214 g/mol. The third kappa shape index (κ3) is 3.97. The van der Waals surface area contributed by atoms with Crippen molar-refractivity contribution in [2.24, 2.45) is 0 Å². The number of benzene rings is 1. The second-order valence-electron chi connectivity index (χ2n) is 3.04. The third-order valence-corrected chi connectivity index (χ3v) is 1.59. The predicted octanol–water partition coefficient (Wildman–Crippen LogP) is 2.53. The molecule has 0 saturated carbocycles. The lowest BCUT2D eigenvalue weighted by atomic mass is 10.2. The molecule has 0 spiro atoms. The van der Waals surface area contributed by atoms with Crippen LogP contribution in [0.1, 0.15) is 21.7 Å². The standard InChI is InChI=1S/C8H12N2O2.C3H8.H2/c1-11-7-3-5(9)6(10)4-8(7)12-2;1-3-2;/h3-4H,9-10H2,1-2H3;3H2,1-2H3;1H. The molecule has 0 heterocycles. The number of hydrogen-bond donors (Lipinski definition) is 2. The molecule has 0 aliphatic carbocycles. The van der Waals surface area contributed by atoms with Crippen molar-refractivity contribution in [3.05, 3.63) is 12.1 Å². The van der Waals surface area contributed by atoms with Gasteiger partial charge < -0.3 is 20.9 Å². The maximum atomic E-state index is 5.56. The third-order valence-electron chi connectivity index (χ3n) is 1.59. The molecule has 1 rings (SSSR count). The smallest absolute Gasteiger partial charge is 0.162 e. The number of ether oxygens (including phenoxy) is 2. The van der Waals surface area contributed by atoms with E-state index in [0.29, 0.717) is 22.9 Å². The summed E-state index contributed by atoms with van der Waals surface area (Å²) < 4.78 is 10.0.